The highest BCUT2D eigenvalue weighted by Gasteiger charge is 2.40. The lowest BCUT2D eigenvalue weighted by Crippen LogP contribution is -2.44. The van der Waals surface area contributed by atoms with Crippen molar-refractivity contribution in [3.8, 4) is 11.4 Å². The van der Waals surface area contributed by atoms with E-state index >= 15 is 0 Å². The predicted molar refractivity (Wildman–Crippen MR) is 102 cm³/mol. The molecule has 3 aromatic rings. The molecule has 5 rings (SSSR count). The molecule has 4 heterocycles. The van der Waals surface area contributed by atoms with E-state index in [0.717, 1.165) is 24.3 Å². The molecule has 2 fully saturated rings. The average molecular weight is 387 g/mol. The van der Waals surface area contributed by atoms with Gasteiger partial charge >= 0.3 is 0 Å². The van der Waals surface area contributed by atoms with E-state index in [-0.39, 0.29) is 11.9 Å². The Bertz CT molecular complexity index is 1080. The molecule has 8 nitrogen and oxygen atoms in total. The highest BCUT2D eigenvalue weighted by molar-refractivity contribution is 6.35. The van der Waals surface area contributed by atoms with Crippen LogP contribution in [0.3, 0.4) is 0 Å². The summed E-state index contributed by atoms with van der Waals surface area (Å²) in [7, 11) is 0. The zero-order chi connectivity index (χ0) is 18.9. The normalized spacial score (nSPS) is 17.2. The Balaban J connectivity index is 1.80. The lowest BCUT2D eigenvalue weighted by molar-refractivity contribution is -0.122. The first-order valence-electron chi connectivity index (χ1n) is 9.09. The second kappa shape index (κ2) is 5.69. The standard InChI is InChI=1S/C18H19ClN6O2/c1-8(2)25-15-10(19)7-21-18(20)12(15)13(22-25)14-16(24-6-5-11(24)26)17(27-23-14)9-3-4-9/h7-9H,3-6H2,1-2H3,(H2,20,21). The van der Waals surface area contributed by atoms with Crippen molar-refractivity contribution in [1.29, 1.82) is 0 Å². The average Bonchev–Trinajstić information content (AvgIpc) is 3.25. The van der Waals surface area contributed by atoms with Crippen molar-refractivity contribution in [2.24, 2.45) is 0 Å². The van der Waals surface area contributed by atoms with Crippen LogP contribution in [0.5, 0.6) is 0 Å². The summed E-state index contributed by atoms with van der Waals surface area (Å²) in [6.45, 7) is 4.69. The number of hydrogen-bond donors (Lipinski definition) is 1. The molecule has 9 heteroatoms. The minimum atomic E-state index is 0.0597. The van der Waals surface area contributed by atoms with Crippen LogP contribution >= 0.6 is 11.6 Å². The number of hydrogen-bond acceptors (Lipinski definition) is 6. The molecule has 1 aliphatic heterocycles. The highest BCUT2D eigenvalue weighted by atomic mass is 35.5. The lowest BCUT2D eigenvalue weighted by atomic mass is 10.1. The number of halogens is 1. The Hall–Kier alpha value is -2.61. The summed E-state index contributed by atoms with van der Waals surface area (Å²) in [5.74, 6) is 1.47. The summed E-state index contributed by atoms with van der Waals surface area (Å²) >= 11 is 6.42. The molecule has 0 aromatic carbocycles. The van der Waals surface area contributed by atoms with Crippen molar-refractivity contribution in [3.63, 3.8) is 0 Å². The quantitative estimate of drug-likeness (QED) is 0.688. The van der Waals surface area contributed by atoms with E-state index < -0.39 is 0 Å². The minimum absolute atomic E-state index is 0.0597. The van der Waals surface area contributed by atoms with Crippen molar-refractivity contribution in [2.75, 3.05) is 17.2 Å². The number of anilines is 2. The first-order chi connectivity index (χ1) is 13.0. The zero-order valence-corrected chi connectivity index (χ0v) is 15.8. The van der Waals surface area contributed by atoms with Gasteiger partial charge in [-0.25, -0.2) is 4.98 Å². The fourth-order valence-corrected chi connectivity index (χ4v) is 3.81. The molecule has 0 spiro atoms. The van der Waals surface area contributed by atoms with E-state index in [4.69, 9.17) is 27.0 Å². The molecule has 3 aromatic heterocycles. The Morgan fingerprint density at radius 2 is 2.11 bits per heavy atom. The number of nitrogen functional groups attached to an aromatic ring is 1. The number of fused-ring (bicyclic) bond motifs is 1. The molecule has 1 amide bonds. The molecule has 27 heavy (non-hydrogen) atoms. The number of rotatable bonds is 4. The smallest absolute Gasteiger partial charge is 0.228 e. The van der Waals surface area contributed by atoms with E-state index in [0.29, 0.717) is 52.0 Å². The van der Waals surface area contributed by atoms with E-state index in [9.17, 15) is 4.79 Å². The number of aromatic nitrogens is 4. The molecule has 140 valence electrons. The van der Waals surface area contributed by atoms with Gasteiger partial charge in [-0.05, 0) is 26.7 Å². The number of carbonyl (C=O) groups excluding carboxylic acids is 1. The molecule has 0 bridgehead atoms. The summed E-state index contributed by atoms with van der Waals surface area (Å²) in [4.78, 5) is 18.1. The van der Waals surface area contributed by atoms with Crippen molar-refractivity contribution in [1.82, 2.24) is 19.9 Å². The van der Waals surface area contributed by atoms with Gasteiger partial charge in [-0.1, -0.05) is 16.8 Å². The van der Waals surface area contributed by atoms with E-state index in [1.54, 1.807) is 4.90 Å². The summed E-state index contributed by atoms with van der Waals surface area (Å²) in [5, 5.41) is 10.2. The van der Waals surface area contributed by atoms with Crippen molar-refractivity contribution in [3.05, 3.63) is 17.0 Å². The Morgan fingerprint density at radius 1 is 1.33 bits per heavy atom. The molecule has 0 radical (unpaired) electrons. The second-order valence-electron chi connectivity index (χ2n) is 7.42. The molecule has 1 aliphatic carbocycles. The molecule has 2 N–H and O–H groups in total. The molecule has 1 saturated carbocycles. The van der Waals surface area contributed by atoms with Crippen molar-refractivity contribution < 1.29 is 9.32 Å². The van der Waals surface area contributed by atoms with Gasteiger partial charge in [-0.3, -0.25) is 9.48 Å². The Morgan fingerprint density at radius 3 is 2.70 bits per heavy atom. The minimum Gasteiger partial charge on any atom is -0.383 e. The maximum absolute atomic E-state index is 12.2. The summed E-state index contributed by atoms with van der Waals surface area (Å²) < 4.78 is 7.50. The van der Waals surface area contributed by atoms with Gasteiger partial charge < -0.3 is 15.2 Å². The van der Waals surface area contributed by atoms with Gasteiger partial charge in [-0.2, -0.15) is 5.10 Å². The maximum atomic E-state index is 12.2. The first-order valence-corrected chi connectivity index (χ1v) is 9.47. The SMILES string of the molecule is CC(C)n1nc(-c2noc(C3CC3)c2N2CCC2=O)c2c(N)ncc(Cl)c21. The van der Waals surface area contributed by atoms with Crippen LogP contribution in [0.25, 0.3) is 22.3 Å². The van der Waals surface area contributed by atoms with Crippen LogP contribution in [-0.4, -0.2) is 32.4 Å². The second-order valence-corrected chi connectivity index (χ2v) is 7.82. The monoisotopic (exact) mass is 386 g/mol. The van der Waals surface area contributed by atoms with Crippen molar-refractivity contribution >= 4 is 39.9 Å². The van der Waals surface area contributed by atoms with Crippen molar-refractivity contribution in [2.45, 2.75) is 45.1 Å². The number of amides is 1. The molecular formula is C18H19ClN6O2. The molecular weight excluding hydrogens is 368 g/mol. The van der Waals surface area contributed by atoms with Crippen LogP contribution in [0.1, 0.15) is 50.8 Å². The number of β-lactam (4-membered cyclic amide) rings is 1. The Labute approximate surface area is 160 Å². The molecule has 1 saturated heterocycles. The third kappa shape index (κ3) is 2.36. The topological polar surface area (TPSA) is 103 Å². The van der Waals surface area contributed by atoms with E-state index in [1.165, 1.54) is 6.20 Å². The van der Waals surface area contributed by atoms with Crippen LogP contribution in [0, 0.1) is 0 Å². The third-order valence-electron chi connectivity index (χ3n) is 5.18. The van der Waals surface area contributed by atoms with Crippen LogP contribution in [0.15, 0.2) is 10.7 Å². The largest absolute Gasteiger partial charge is 0.383 e. The Kier molecular flexibility index (Phi) is 3.49. The number of nitrogens with two attached hydrogens (primary N) is 1. The van der Waals surface area contributed by atoms with Gasteiger partial charge in [0.1, 0.15) is 17.2 Å². The van der Waals surface area contributed by atoms with Gasteiger partial charge in [0, 0.05) is 24.9 Å². The summed E-state index contributed by atoms with van der Waals surface area (Å²) in [6.07, 6.45) is 4.15. The van der Waals surface area contributed by atoms with Crippen LogP contribution in [-0.2, 0) is 4.79 Å². The molecule has 0 unspecified atom stereocenters. The van der Waals surface area contributed by atoms with Crippen LogP contribution in [0.4, 0.5) is 11.5 Å². The summed E-state index contributed by atoms with van der Waals surface area (Å²) in [5.41, 5.74) is 8.72. The van der Waals surface area contributed by atoms with Gasteiger partial charge in [-0.15, -0.1) is 0 Å². The van der Waals surface area contributed by atoms with E-state index in [1.807, 2.05) is 18.5 Å². The van der Waals surface area contributed by atoms with E-state index in [2.05, 4.69) is 10.1 Å². The first kappa shape index (κ1) is 16.6. The van der Waals surface area contributed by atoms with Crippen LogP contribution in [0.2, 0.25) is 5.02 Å². The van der Waals surface area contributed by atoms with Gasteiger partial charge in [0.2, 0.25) is 5.91 Å². The number of pyridine rings is 1. The van der Waals surface area contributed by atoms with Crippen LogP contribution < -0.4 is 10.6 Å². The van der Waals surface area contributed by atoms with Gasteiger partial charge in [0.05, 0.1) is 22.1 Å². The third-order valence-corrected chi connectivity index (χ3v) is 5.46. The fourth-order valence-electron chi connectivity index (χ4n) is 3.58. The molecule has 2 aliphatic rings. The number of nitrogens with zero attached hydrogens (tertiary/aromatic N) is 5. The fraction of sp³-hybridized carbons (Fsp3) is 0.444. The molecule has 0 atom stereocenters. The summed E-state index contributed by atoms with van der Waals surface area (Å²) in [6, 6.07) is 0.0597. The van der Waals surface area contributed by atoms with Gasteiger partial charge in [0.15, 0.2) is 11.5 Å². The number of carbonyl (C=O) groups is 1. The maximum Gasteiger partial charge on any atom is 0.228 e. The lowest BCUT2D eigenvalue weighted by Gasteiger charge is -2.30. The highest BCUT2D eigenvalue weighted by Crippen LogP contribution is 2.50. The van der Waals surface area contributed by atoms with Gasteiger partial charge in [0.25, 0.3) is 0 Å². The predicted octanol–water partition coefficient (Wildman–Crippen LogP) is 3.52. The zero-order valence-electron chi connectivity index (χ0n) is 15.1.